The summed E-state index contributed by atoms with van der Waals surface area (Å²) in [4.78, 5) is 20.6. The van der Waals surface area contributed by atoms with Crippen molar-refractivity contribution in [2.45, 2.75) is 19.9 Å². The van der Waals surface area contributed by atoms with E-state index in [2.05, 4.69) is 23.9 Å². The molecule has 0 spiro atoms. The van der Waals surface area contributed by atoms with E-state index < -0.39 is 0 Å². The summed E-state index contributed by atoms with van der Waals surface area (Å²) in [5.74, 6) is 0.0438. The maximum atomic E-state index is 12.4. The third-order valence-electron chi connectivity index (χ3n) is 3.42. The van der Waals surface area contributed by atoms with E-state index in [1.165, 1.54) is 0 Å². The molecule has 0 saturated carbocycles. The van der Waals surface area contributed by atoms with Crippen molar-refractivity contribution in [2.24, 2.45) is 0 Å². The minimum absolute atomic E-state index is 0.0438. The van der Waals surface area contributed by atoms with E-state index in [0.717, 1.165) is 25.3 Å². The number of nitrogens with zero attached hydrogens (tertiary/aromatic N) is 3. The van der Waals surface area contributed by atoms with Crippen molar-refractivity contribution in [1.29, 1.82) is 0 Å². The minimum Gasteiger partial charge on any atom is -0.336 e. The summed E-state index contributed by atoms with van der Waals surface area (Å²) in [6.45, 7) is 6.40. The second kappa shape index (κ2) is 5.24. The van der Waals surface area contributed by atoms with E-state index in [4.69, 9.17) is 11.6 Å². The number of rotatable bonds is 1. The Balaban J connectivity index is 2.16. The molecule has 1 aliphatic rings. The van der Waals surface area contributed by atoms with E-state index in [-0.39, 0.29) is 5.91 Å². The molecular weight excluding hydrogens is 250 g/mol. The first-order valence-corrected chi connectivity index (χ1v) is 6.49. The number of hydrogen-bond acceptors (Lipinski definition) is 3. The van der Waals surface area contributed by atoms with E-state index in [0.29, 0.717) is 16.8 Å². The van der Waals surface area contributed by atoms with Gasteiger partial charge in [0, 0.05) is 36.9 Å². The molecule has 18 heavy (non-hydrogen) atoms. The average molecular weight is 268 g/mol. The molecule has 1 aromatic rings. The molecule has 1 atom stereocenters. The largest absolute Gasteiger partial charge is 0.336 e. The summed E-state index contributed by atoms with van der Waals surface area (Å²) in [5, 5.41) is 0.375. The van der Waals surface area contributed by atoms with E-state index >= 15 is 0 Å². The van der Waals surface area contributed by atoms with Gasteiger partial charge in [-0.1, -0.05) is 11.6 Å². The van der Waals surface area contributed by atoms with Crippen molar-refractivity contribution in [3.63, 3.8) is 0 Å². The highest BCUT2D eigenvalue weighted by Gasteiger charge is 2.25. The molecule has 0 aromatic carbocycles. The molecule has 4 nitrogen and oxygen atoms in total. The Labute approximate surface area is 113 Å². The van der Waals surface area contributed by atoms with Crippen LogP contribution < -0.4 is 0 Å². The molecule has 1 aromatic heterocycles. The fourth-order valence-corrected chi connectivity index (χ4v) is 2.42. The number of aryl methyl sites for hydroxylation is 1. The molecule has 0 bridgehead atoms. The van der Waals surface area contributed by atoms with E-state index in [1.807, 2.05) is 11.8 Å². The van der Waals surface area contributed by atoms with Crippen LogP contribution in [-0.2, 0) is 0 Å². The van der Waals surface area contributed by atoms with Gasteiger partial charge in [-0.05, 0) is 33.0 Å². The molecule has 2 rings (SSSR count). The molecule has 0 aliphatic carbocycles. The number of pyridine rings is 1. The maximum Gasteiger partial charge on any atom is 0.254 e. The summed E-state index contributed by atoms with van der Waals surface area (Å²) in [6, 6.07) is 3.82. The molecule has 0 radical (unpaired) electrons. The quantitative estimate of drug-likeness (QED) is 0.729. The number of halogens is 1. The van der Waals surface area contributed by atoms with Crippen LogP contribution >= 0.6 is 11.6 Å². The Kier molecular flexibility index (Phi) is 3.88. The lowest BCUT2D eigenvalue weighted by molar-refractivity contribution is 0.0572. The standard InChI is InChI=1S/C13H18ClN3O/c1-9-6-11(7-12(14)15-9)13(18)17-5-4-16(3)10(2)8-17/h6-7,10H,4-5,8H2,1-3H3. The molecule has 1 fully saturated rings. The summed E-state index contributed by atoms with van der Waals surface area (Å²) in [7, 11) is 2.08. The van der Waals surface area contributed by atoms with Gasteiger partial charge < -0.3 is 9.80 Å². The Morgan fingerprint density at radius 3 is 2.78 bits per heavy atom. The molecule has 1 amide bonds. The maximum absolute atomic E-state index is 12.4. The Hall–Kier alpha value is -1.13. The van der Waals surface area contributed by atoms with Gasteiger partial charge in [0.15, 0.2) is 0 Å². The van der Waals surface area contributed by atoms with Crippen LogP contribution in [0.15, 0.2) is 12.1 Å². The van der Waals surface area contributed by atoms with Crippen LogP contribution in [0.2, 0.25) is 5.15 Å². The number of hydrogen-bond donors (Lipinski definition) is 0. The topological polar surface area (TPSA) is 36.4 Å². The molecule has 0 N–H and O–H groups in total. The highest BCUT2D eigenvalue weighted by molar-refractivity contribution is 6.29. The Bertz CT molecular complexity index is 443. The second-order valence-corrected chi connectivity index (χ2v) is 5.29. The van der Waals surface area contributed by atoms with Gasteiger partial charge in [-0.2, -0.15) is 0 Å². The fourth-order valence-electron chi connectivity index (χ4n) is 2.17. The number of carbonyl (C=O) groups excluding carboxylic acids is 1. The van der Waals surface area contributed by atoms with Crippen molar-refractivity contribution < 1.29 is 4.79 Å². The van der Waals surface area contributed by atoms with Crippen LogP contribution in [0, 0.1) is 6.92 Å². The molecule has 98 valence electrons. The third-order valence-corrected chi connectivity index (χ3v) is 3.61. The predicted molar refractivity (Wildman–Crippen MR) is 72.0 cm³/mol. The zero-order valence-corrected chi connectivity index (χ0v) is 11.7. The van der Waals surface area contributed by atoms with E-state index in [1.54, 1.807) is 12.1 Å². The average Bonchev–Trinajstić information content (AvgIpc) is 2.30. The van der Waals surface area contributed by atoms with Crippen LogP contribution in [0.5, 0.6) is 0 Å². The molecule has 2 heterocycles. The number of likely N-dealkylation sites (N-methyl/N-ethyl adjacent to an activating group) is 1. The molecule has 1 saturated heterocycles. The van der Waals surface area contributed by atoms with Gasteiger partial charge in [0.1, 0.15) is 5.15 Å². The van der Waals surface area contributed by atoms with Gasteiger partial charge in [-0.3, -0.25) is 4.79 Å². The zero-order valence-electron chi connectivity index (χ0n) is 11.0. The number of carbonyl (C=O) groups is 1. The predicted octanol–water partition coefficient (Wildman–Crippen LogP) is 1.82. The van der Waals surface area contributed by atoms with Gasteiger partial charge in [0.05, 0.1) is 0 Å². The van der Waals surface area contributed by atoms with Crippen LogP contribution in [0.25, 0.3) is 0 Å². The molecule has 1 aliphatic heterocycles. The SMILES string of the molecule is Cc1cc(C(=O)N2CCN(C)C(C)C2)cc(Cl)n1. The van der Waals surface area contributed by atoms with Gasteiger partial charge in [-0.25, -0.2) is 4.98 Å². The second-order valence-electron chi connectivity index (χ2n) is 4.90. The van der Waals surface area contributed by atoms with Crippen molar-refractivity contribution in [3.8, 4) is 0 Å². The lowest BCUT2D eigenvalue weighted by Crippen LogP contribution is -2.52. The van der Waals surface area contributed by atoms with Crippen LogP contribution in [0.3, 0.4) is 0 Å². The number of piperazine rings is 1. The van der Waals surface area contributed by atoms with Gasteiger partial charge in [0.25, 0.3) is 5.91 Å². The van der Waals surface area contributed by atoms with Crippen LogP contribution in [0.4, 0.5) is 0 Å². The van der Waals surface area contributed by atoms with Crippen LogP contribution in [0.1, 0.15) is 23.0 Å². The Morgan fingerprint density at radius 2 is 2.17 bits per heavy atom. The lowest BCUT2D eigenvalue weighted by Gasteiger charge is -2.37. The number of amides is 1. The summed E-state index contributed by atoms with van der Waals surface area (Å²) >= 11 is 5.89. The highest BCUT2D eigenvalue weighted by Crippen LogP contribution is 2.15. The fraction of sp³-hybridized carbons (Fsp3) is 0.538. The summed E-state index contributed by atoms with van der Waals surface area (Å²) in [5.41, 5.74) is 1.40. The lowest BCUT2D eigenvalue weighted by atomic mass is 10.1. The molecule has 1 unspecified atom stereocenters. The highest BCUT2D eigenvalue weighted by atomic mass is 35.5. The summed E-state index contributed by atoms with van der Waals surface area (Å²) < 4.78 is 0. The minimum atomic E-state index is 0.0438. The van der Waals surface area contributed by atoms with Crippen LogP contribution in [-0.4, -0.2) is 53.4 Å². The summed E-state index contributed by atoms with van der Waals surface area (Å²) in [6.07, 6.45) is 0. The third kappa shape index (κ3) is 2.82. The Morgan fingerprint density at radius 1 is 1.44 bits per heavy atom. The molecular formula is C13H18ClN3O. The first kappa shape index (κ1) is 13.3. The van der Waals surface area contributed by atoms with Gasteiger partial charge in [-0.15, -0.1) is 0 Å². The molecule has 5 heteroatoms. The van der Waals surface area contributed by atoms with Gasteiger partial charge >= 0.3 is 0 Å². The van der Waals surface area contributed by atoms with Crippen molar-refractivity contribution in [3.05, 3.63) is 28.5 Å². The first-order chi connectivity index (χ1) is 8.47. The smallest absolute Gasteiger partial charge is 0.254 e. The normalized spacial score (nSPS) is 21.1. The number of aromatic nitrogens is 1. The van der Waals surface area contributed by atoms with Gasteiger partial charge in [0.2, 0.25) is 0 Å². The van der Waals surface area contributed by atoms with Crippen molar-refractivity contribution in [1.82, 2.24) is 14.8 Å². The van der Waals surface area contributed by atoms with Crippen molar-refractivity contribution in [2.75, 3.05) is 26.7 Å². The van der Waals surface area contributed by atoms with Crippen molar-refractivity contribution >= 4 is 17.5 Å². The monoisotopic (exact) mass is 267 g/mol. The first-order valence-electron chi connectivity index (χ1n) is 6.11. The zero-order chi connectivity index (χ0) is 13.3. The van der Waals surface area contributed by atoms with E-state index in [9.17, 15) is 4.79 Å².